The van der Waals surface area contributed by atoms with Crippen LogP contribution in [0.4, 0.5) is 0 Å². The van der Waals surface area contributed by atoms with Gasteiger partial charge in [-0.25, -0.2) is 0 Å². The molecule has 0 aromatic heterocycles. The van der Waals surface area contributed by atoms with Gasteiger partial charge in [0.05, 0.1) is 0 Å². The van der Waals surface area contributed by atoms with Gasteiger partial charge in [0.2, 0.25) is 0 Å². The second kappa shape index (κ2) is 3.71. The fraction of sp³-hybridized carbons (Fsp3) is 0.500. The first kappa shape index (κ1) is 9.69. The van der Waals surface area contributed by atoms with E-state index in [1.54, 1.807) is 0 Å². The third-order valence-corrected chi connectivity index (χ3v) is 3.12. The van der Waals surface area contributed by atoms with Gasteiger partial charge in [-0.2, -0.15) is 0 Å². The van der Waals surface area contributed by atoms with Crippen LogP contribution in [0.3, 0.4) is 0 Å². The van der Waals surface area contributed by atoms with E-state index in [-0.39, 0.29) is 5.54 Å². The second-order valence-corrected chi connectivity index (χ2v) is 4.14. The summed E-state index contributed by atoms with van der Waals surface area (Å²) in [5.74, 6) is 0. The molecule has 76 valence electrons. The monoisotopic (exact) mass is 190 g/mol. The summed E-state index contributed by atoms with van der Waals surface area (Å²) in [6.45, 7) is 3.85. The van der Waals surface area contributed by atoms with Crippen LogP contribution in [0.15, 0.2) is 24.3 Å². The van der Waals surface area contributed by atoms with E-state index < -0.39 is 0 Å². The molecule has 2 rings (SSSR count). The zero-order valence-corrected chi connectivity index (χ0v) is 8.72. The Morgan fingerprint density at radius 1 is 1.29 bits per heavy atom. The van der Waals surface area contributed by atoms with Crippen molar-refractivity contribution in [2.45, 2.75) is 25.3 Å². The Bertz CT molecular complexity index is 295. The summed E-state index contributed by atoms with van der Waals surface area (Å²) < 4.78 is 0. The van der Waals surface area contributed by atoms with Crippen LogP contribution in [0.5, 0.6) is 0 Å². The molecule has 1 aliphatic carbocycles. The van der Waals surface area contributed by atoms with E-state index in [1.165, 1.54) is 11.1 Å². The van der Waals surface area contributed by atoms with E-state index in [9.17, 15) is 0 Å². The minimum Gasteiger partial charge on any atom is -0.329 e. The lowest BCUT2D eigenvalue weighted by molar-refractivity contribution is 0.357. The van der Waals surface area contributed by atoms with Crippen molar-refractivity contribution in [2.75, 3.05) is 13.1 Å². The van der Waals surface area contributed by atoms with Crippen LogP contribution >= 0.6 is 0 Å². The Kier molecular flexibility index (Phi) is 2.57. The fourth-order valence-electron chi connectivity index (χ4n) is 2.41. The Morgan fingerprint density at radius 2 is 1.86 bits per heavy atom. The molecule has 1 aromatic carbocycles. The minimum atomic E-state index is 0.123. The summed E-state index contributed by atoms with van der Waals surface area (Å²) in [5.41, 5.74) is 8.91. The van der Waals surface area contributed by atoms with Crippen LogP contribution in [-0.2, 0) is 12.8 Å². The van der Waals surface area contributed by atoms with Crippen molar-refractivity contribution in [3.63, 3.8) is 0 Å². The summed E-state index contributed by atoms with van der Waals surface area (Å²) >= 11 is 0. The maximum atomic E-state index is 5.87. The summed E-state index contributed by atoms with van der Waals surface area (Å²) in [7, 11) is 0. The summed E-state index contributed by atoms with van der Waals surface area (Å²) in [6.07, 6.45) is 2.15. The van der Waals surface area contributed by atoms with Crippen LogP contribution in [0.1, 0.15) is 18.1 Å². The van der Waals surface area contributed by atoms with Crippen molar-refractivity contribution < 1.29 is 0 Å². The smallest absolute Gasteiger partial charge is 0.0385 e. The molecule has 2 nitrogen and oxygen atoms in total. The molecule has 0 spiro atoms. The van der Waals surface area contributed by atoms with E-state index in [0.29, 0.717) is 0 Å². The zero-order chi connectivity index (χ0) is 10.0. The molecule has 14 heavy (non-hydrogen) atoms. The highest BCUT2D eigenvalue weighted by molar-refractivity contribution is 5.36. The van der Waals surface area contributed by atoms with Crippen LogP contribution in [-0.4, -0.2) is 18.6 Å². The van der Waals surface area contributed by atoms with E-state index in [0.717, 1.165) is 25.9 Å². The van der Waals surface area contributed by atoms with Gasteiger partial charge >= 0.3 is 0 Å². The number of benzene rings is 1. The molecule has 0 amide bonds. The Balaban J connectivity index is 2.23. The molecule has 1 aliphatic rings. The lowest BCUT2D eigenvalue weighted by Crippen LogP contribution is -2.52. The first-order valence-corrected chi connectivity index (χ1v) is 5.31. The lowest BCUT2D eigenvalue weighted by atomic mass is 9.96. The number of rotatable bonds is 3. The maximum Gasteiger partial charge on any atom is 0.0385 e. The molecule has 0 aliphatic heterocycles. The molecule has 0 saturated carbocycles. The topological polar surface area (TPSA) is 38.0 Å². The summed E-state index contributed by atoms with van der Waals surface area (Å²) in [6, 6.07) is 8.64. The Hall–Kier alpha value is -0.860. The number of likely N-dealkylation sites (N-methyl/N-ethyl adjacent to an activating group) is 1. The van der Waals surface area contributed by atoms with Crippen molar-refractivity contribution >= 4 is 0 Å². The van der Waals surface area contributed by atoms with Gasteiger partial charge in [-0.3, -0.25) is 0 Å². The SMILES string of the molecule is CCNC1(CN)Cc2ccccc2C1. The number of hydrogen-bond donors (Lipinski definition) is 2. The fourth-order valence-corrected chi connectivity index (χ4v) is 2.41. The van der Waals surface area contributed by atoms with E-state index >= 15 is 0 Å². The molecule has 0 heterocycles. The average molecular weight is 190 g/mol. The van der Waals surface area contributed by atoms with E-state index in [4.69, 9.17) is 5.73 Å². The molecule has 3 N–H and O–H groups in total. The number of fused-ring (bicyclic) bond motifs is 1. The van der Waals surface area contributed by atoms with E-state index in [2.05, 4.69) is 36.5 Å². The third kappa shape index (κ3) is 1.56. The first-order valence-electron chi connectivity index (χ1n) is 5.31. The highest BCUT2D eigenvalue weighted by Crippen LogP contribution is 2.29. The number of nitrogens with one attached hydrogen (secondary N) is 1. The van der Waals surface area contributed by atoms with Gasteiger partial charge in [-0.1, -0.05) is 31.2 Å². The normalized spacial score (nSPS) is 18.1. The van der Waals surface area contributed by atoms with Crippen molar-refractivity contribution in [3.8, 4) is 0 Å². The standard InChI is InChI=1S/C12H18N2/c1-2-14-12(9-13)7-10-5-3-4-6-11(10)8-12/h3-6,14H,2,7-9,13H2,1H3. The minimum absolute atomic E-state index is 0.123. The van der Waals surface area contributed by atoms with Gasteiger partial charge < -0.3 is 11.1 Å². The van der Waals surface area contributed by atoms with Gasteiger partial charge in [0.15, 0.2) is 0 Å². The highest BCUT2D eigenvalue weighted by Gasteiger charge is 2.34. The first-order chi connectivity index (χ1) is 6.79. The average Bonchev–Trinajstić information content (AvgIpc) is 2.57. The third-order valence-electron chi connectivity index (χ3n) is 3.12. The molecule has 0 saturated heterocycles. The highest BCUT2D eigenvalue weighted by atomic mass is 15.0. The van der Waals surface area contributed by atoms with Gasteiger partial charge in [-0.05, 0) is 30.5 Å². The van der Waals surface area contributed by atoms with E-state index in [1.807, 2.05) is 0 Å². The van der Waals surface area contributed by atoms with Gasteiger partial charge in [0.1, 0.15) is 0 Å². The molecular weight excluding hydrogens is 172 g/mol. The molecular formula is C12H18N2. The van der Waals surface area contributed by atoms with Crippen LogP contribution in [0, 0.1) is 0 Å². The summed E-state index contributed by atoms with van der Waals surface area (Å²) in [4.78, 5) is 0. The number of hydrogen-bond acceptors (Lipinski definition) is 2. The zero-order valence-electron chi connectivity index (χ0n) is 8.72. The van der Waals surface area contributed by atoms with Gasteiger partial charge in [-0.15, -0.1) is 0 Å². The largest absolute Gasteiger partial charge is 0.329 e. The van der Waals surface area contributed by atoms with Crippen LogP contribution in [0.25, 0.3) is 0 Å². The van der Waals surface area contributed by atoms with Gasteiger partial charge in [0, 0.05) is 12.1 Å². The Labute approximate surface area is 85.5 Å². The van der Waals surface area contributed by atoms with Crippen molar-refractivity contribution in [2.24, 2.45) is 5.73 Å². The predicted octanol–water partition coefficient (Wildman–Crippen LogP) is 1.09. The quantitative estimate of drug-likeness (QED) is 0.749. The molecule has 2 heteroatoms. The molecule has 0 fully saturated rings. The van der Waals surface area contributed by atoms with Crippen LogP contribution in [0.2, 0.25) is 0 Å². The summed E-state index contributed by atoms with van der Waals surface area (Å²) in [5, 5.41) is 3.53. The Morgan fingerprint density at radius 3 is 2.29 bits per heavy atom. The predicted molar refractivity (Wildman–Crippen MR) is 59.3 cm³/mol. The van der Waals surface area contributed by atoms with Crippen molar-refractivity contribution in [3.05, 3.63) is 35.4 Å². The van der Waals surface area contributed by atoms with Crippen LogP contribution < -0.4 is 11.1 Å². The van der Waals surface area contributed by atoms with Gasteiger partial charge in [0.25, 0.3) is 0 Å². The molecule has 0 unspecified atom stereocenters. The number of nitrogens with two attached hydrogens (primary N) is 1. The second-order valence-electron chi connectivity index (χ2n) is 4.14. The van der Waals surface area contributed by atoms with Crippen molar-refractivity contribution in [1.29, 1.82) is 0 Å². The molecule has 0 atom stereocenters. The lowest BCUT2D eigenvalue weighted by Gasteiger charge is -2.28. The van der Waals surface area contributed by atoms with Crippen molar-refractivity contribution in [1.82, 2.24) is 5.32 Å². The molecule has 0 radical (unpaired) electrons. The molecule has 1 aromatic rings. The maximum absolute atomic E-state index is 5.87. The molecule has 0 bridgehead atoms.